The molecule has 23 heavy (non-hydrogen) atoms. The maximum atomic E-state index is 11.4. The van der Waals surface area contributed by atoms with Gasteiger partial charge in [0.25, 0.3) is 0 Å². The first-order chi connectivity index (χ1) is 10.8. The molecular formula is C15H17N5O2S. The summed E-state index contributed by atoms with van der Waals surface area (Å²) in [6.45, 7) is 4.41. The number of hydrogen-bond donors (Lipinski definition) is 2. The molecule has 120 valence electrons. The second-order valence-electron chi connectivity index (χ2n) is 5.35. The van der Waals surface area contributed by atoms with Gasteiger partial charge in [0.2, 0.25) is 15.8 Å². The number of primary sulfonamides is 1. The Morgan fingerprint density at radius 2 is 2.04 bits per heavy atom. The first kappa shape index (κ1) is 15.4. The van der Waals surface area contributed by atoms with Crippen LogP contribution in [0, 0.1) is 13.8 Å². The molecule has 8 heteroatoms. The number of benzene rings is 1. The Morgan fingerprint density at radius 3 is 2.78 bits per heavy atom. The van der Waals surface area contributed by atoms with Crippen molar-refractivity contribution in [2.45, 2.75) is 25.3 Å². The molecule has 0 saturated carbocycles. The highest BCUT2D eigenvalue weighted by atomic mass is 32.2. The molecule has 1 aromatic carbocycles. The predicted molar refractivity (Wildman–Crippen MR) is 87.6 cm³/mol. The molecule has 0 fully saturated rings. The van der Waals surface area contributed by atoms with E-state index in [1.165, 1.54) is 12.1 Å². The largest absolute Gasteiger partial charge is 0.379 e. The van der Waals surface area contributed by atoms with E-state index in [4.69, 9.17) is 5.14 Å². The van der Waals surface area contributed by atoms with Crippen molar-refractivity contribution < 1.29 is 8.42 Å². The third-order valence-electron chi connectivity index (χ3n) is 3.50. The molecule has 0 aliphatic rings. The van der Waals surface area contributed by atoms with Crippen molar-refractivity contribution in [1.29, 1.82) is 0 Å². The molecule has 0 saturated heterocycles. The Hall–Kier alpha value is -2.45. The van der Waals surface area contributed by atoms with Gasteiger partial charge in [0.1, 0.15) is 0 Å². The van der Waals surface area contributed by atoms with Gasteiger partial charge in [-0.15, -0.1) is 0 Å². The lowest BCUT2D eigenvalue weighted by Crippen LogP contribution is -2.12. The van der Waals surface area contributed by atoms with E-state index in [1.54, 1.807) is 18.3 Å². The summed E-state index contributed by atoms with van der Waals surface area (Å²) in [7, 11) is -3.71. The van der Waals surface area contributed by atoms with Gasteiger partial charge in [-0.05, 0) is 38.1 Å². The number of sulfonamides is 1. The molecule has 0 amide bonds. The van der Waals surface area contributed by atoms with E-state index in [2.05, 4.69) is 15.3 Å². The lowest BCUT2D eigenvalue weighted by Gasteiger charge is -2.09. The molecule has 0 atom stereocenters. The fourth-order valence-corrected chi connectivity index (χ4v) is 3.06. The van der Waals surface area contributed by atoms with Gasteiger partial charge in [-0.25, -0.2) is 23.5 Å². The van der Waals surface area contributed by atoms with Crippen molar-refractivity contribution in [3.63, 3.8) is 0 Å². The lowest BCUT2D eigenvalue weighted by molar-refractivity contribution is 0.598. The minimum Gasteiger partial charge on any atom is -0.379 e. The molecular weight excluding hydrogens is 314 g/mol. The second kappa shape index (κ2) is 5.64. The summed E-state index contributed by atoms with van der Waals surface area (Å²) in [6, 6.07) is 8.39. The van der Waals surface area contributed by atoms with Gasteiger partial charge in [0.15, 0.2) is 0 Å². The Bertz CT molecular complexity index is 979. The molecule has 0 aliphatic heterocycles. The standard InChI is InChI=1S/C15H17N5O2S/c1-10-6-11(2)20-13(9-18-15(20)19-10)8-17-12-4-3-5-14(7-12)23(16,21)22/h3-7,9,17H,8H2,1-2H3,(H2,16,21,22). The van der Waals surface area contributed by atoms with Crippen LogP contribution in [0.15, 0.2) is 41.4 Å². The molecule has 0 radical (unpaired) electrons. The summed E-state index contributed by atoms with van der Waals surface area (Å²) in [5.41, 5.74) is 3.57. The van der Waals surface area contributed by atoms with Crippen LogP contribution in [0.3, 0.4) is 0 Å². The predicted octanol–water partition coefficient (Wildman–Crippen LogP) is 1.61. The van der Waals surface area contributed by atoms with Crippen LogP contribution in [0.5, 0.6) is 0 Å². The molecule has 3 N–H and O–H groups in total. The van der Waals surface area contributed by atoms with E-state index in [1.807, 2.05) is 24.3 Å². The Balaban J connectivity index is 1.87. The number of hydrogen-bond acceptors (Lipinski definition) is 5. The zero-order valence-electron chi connectivity index (χ0n) is 12.8. The molecule has 0 bridgehead atoms. The van der Waals surface area contributed by atoms with Gasteiger partial charge >= 0.3 is 0 Å². The fraction of sp³-hybridized carbons (Fsp3) is 0.200. The SMILES string of the molecule is Cc1cc(C)n2c(CNc3cccc(S(N)(=O)=O)c3)cnc2n1. The van der Waals surface area contributed by atoms with E-state index < -0.39 is 10.0 Å². The van der Waals surface area contributed by atoms with E-state index in [0.717, 1.165) is 17.1 Å². The molecule has 2 heterocycles. The minimum absolute atomic E-state index is 0.0779. The molecule has 0 spiro atoms. The fourth-order valence-electron chi connectivity index (χ4n) is 2.50. The van der Waals surface area contributed by atoms with Gasteiger partial charge in [0.05, 0.1) is 23.3 Å². The highest BCUT2D eigenvalue weighted by molar-refractivity contribution is 7.89. The van der Waals surface area contributed by atoms with Gasteiger partial charge in [-0.3, -0.25) is 4.40 Å². The summed E-state index contributed by atoms with van der Waals surface area (Å²) < 4.78 is 24.8. The van der Waals surface area contributed by atoms with Crippen molar-refractivity contribution in [1.82, 2.24) is 14.4 Å². The molecule has 3 rings (SSSR count). The highest BCUT2D eigenvalue weighted by Crippen LogP contribution is 2.16. The quantitative estimate of drug-likeness (QED) is 0.756. The third-order valence-corrected chi connectivity index (χ3v) is 4.41. The number of anilines is 1. The first-order valence-corrected chi connectivity index (χ1v) is 8.56. The lowest BCUT2D eigenvalue weighted by atomic mass is 10.3. The highest BCUT2D eigenvalue weighted by Gasteiger charge is 2.10. The normalized spacial score (nSPS) is 11.8. The topological polar surface area (TPSA) is 102 Å². The van der Waals surface area contributed by atoms with E-state index in [0.29, 0.717) is 18.0 Å². The number of imidazole rings is 1. The summed E-state index contributed by atoms with van der Waals surface area (Å²) >= 11 is 0. The molecule has 2 aromatic heterocycles. The number of fused-ring (bicyclic) bond motifs is 1. The van der Waals surface area contributed by atoms with Crippen LogP contribution < -0.4 is 10.5 Å². The van der Waals surface area contributed by atoms with Crippen LogP contribution in [-0.4, -0.2) is 22.8 Å². The van der Waals surface area contributed by atoms with Crippen LogP contribution in [0.25, 0.3) is 5.78 Å². The third kappa shape index (κ3) is 3.17. The number of aromatic nitrogens is 3. The number of rotatable bonds is 4. The smallest absolute Gasteiger partial charge is 0.238 e. The van der Waals surface area contributed by atoms with Crippen molar-refractivity contribution >= 4 is 21.5 Å². The van der Waals surface area contributed by atoms with Gasteiger partial charge in [-0.2, -0.15) is 0 Å². The van der Waals surface area contributed by atoms with Crippen LogP contribution in [0.4, 0.5) is 5.69 Å². The second-order valence-corrected chi connectivity index (χ2v) is 6.91. The minimum atomic E-state index is -3.71. The number of nitrogens with two attached hydrogens (primary N) is 1. The summed E-state index contributed by atoms with van der Waals surface area (Å²) in [5.74, 6) is 0.651. The monoisotopic (exact) mass is 331 g/mol. The molecule has 0 unspecified atom stereocenters. The maximum Gasteiger partial charge on any atom is 0.238 e. The van der Waals surface area contributed by atoms with E-state index in [-0.39, 0.29) is 4.90 Å². The zero-order valence-corrected chi connectivity index (χ0v) is 13.6. The van der Waals surface area contributed by atoms with Crippen LogP contribution in [-0.2, 0) is 16.6 Å². The number of nitrogens with zero attached hydrogens (tertiary/aromatic N) is 3. The molecule has 3 aromatic rings. The van der Waals surface area contributed by atoms with Crippen molar-refractivity contribution in [2.24, 2.45) is 5.14 Å². The van der Waals surface area contributed by atoms with Crippen LogP contribution in [0.2, 0.25) is 0 Å². The van der Waals surface area contributed by atoms with Gasteiger partial charge in [0, 0.05) is 17.1 Å². The van der Waals surface area contributed by atoms with E-state index >= 15 is 0 Å². The Labute approximate surface area is 134 Å². The average molecular weight is 331 g/mol. The van der Waals surface area contributed by atoms with Crippen LogP contribution in [0.1, 0.15) is 17.1 Å². The van der Waals surface area contributed by atoms with E-state index in [9.17, 15) is 8.42 Å². The number of aryl methyl sites for hydroxylation is 2. The molecule has 0 aliphatic carbocycles. The van der Waals surface area contributed by atoms with Gasteiger partial charge < -0.3 is 5.32 Å². The maximum absolute atomic E-state index is 11.4. The summed E-state index contributed by atoms with van der Waals surface area (Å²) in [4.78, 5) is 8.77. The zero-order chi connectivity index (χ0) is 16.6. The summed E-state index contributed by atoms with van der Waals surface area (Å²) in [5, 5.41) is 8.33. The summed E-state index contributed by atoms with van der Waals surface area (Å²) in [6.07, 6.45) is 1.76. The Kier molecular flexibility index (Phi) is 3.78. The van der Waals surface area contributed by atoms with Crippen molar-refractivity contribution in [2.75, 3.05) is 5.32 Å². The molecule has 7 nitrogen and oxygen atoms in total. The first-order valence-electron chi connectivity index (χ1n) is 7.02. The van der Waals surface area contributed by atoms with Crippen molar-refractivity contribution in [3.05, 3.63) is 53.6 Å². The number of nitrogens with one attached hydrogen (secondary N) is 1. The Morgan fingerprint density at radius 1 is 1.26 bits per heavy atom. The van der Waals surface area contributed by atoms with Crippen molar-refractivity contribution in [3.8, 4) is 0 Å². The average Bonchev–Trinajstić information content (AvgIpc) is 2.87. The van der Waals surface area contributed by atoms with Crippen LogP contribution >= 0.6 is 0 Å². The van der Waals surface area contributed by atoms with Gasteiger partial charge in [-0.1, -0.05) is 6.07 Å².